The first kappa shape index (κ1) is 17.1. The van der Waals surface area contributed by atoms with Gasteiger partial charge in [0.05, 0.1) is 12.7 Å². The zero-order chi connectivity index (χ0) is 16.2. The molecular weight excluding hydrogens is 292 g/mol. The second-order valence-corrected chi connectivity index (χ2v) is 5.61. The van der Waals surface area contributed by atoms with E-state index in [2.05, 4.69) is 4.74 Å². The van der Waals surface area contributed by atoms with E-state index >= 15 is 0 Å². The van der Waals surface area contributed by atoms with Gasteiger partial charge in [-0.15, -0.1) is 0 Å². The van der Waals surface area contributed by atoms with E-state index in [1.165, 1.54) is 13.2 Å². The minimum atomic E-state index is -0.768. The molecule has 0 heterocycles. The molecule has 0 aliphatic carbocycles. The second kappa shape index (κ2) is 6.64. The van der Waals surface area contributed by atoms with Crippen molar-refractivity contribution < 1.29 is 19.1 Å². The van der Waals surface area contributed by atoms with E-state index < -0.39 is 17.7 Å². The second-order valence-electron chi connectivity index (χ2n) is 5.23. The molecule has 7 heteroatoms. The SMILES string of the molecule is COC(=O)c1cccc(C(=S)N(N)C(=O)OC(C)(C)C)c1. The predicted octanol–water partition coefficient (Wildman–Crippen LogP) is 2.26. The maximum Gasteiger partial charge on any atom is 0.430 e. The highest BCUT2D eigenvalue weighted by Gasteiger charge is 2.23. The molecule has 114 valence electrons. The summed E-state index contributed by atoms with van der Waals surface area (Å²) in [4.78, 5) is 23.4. The van der Waals surface area contributed by atoms with E-state index in [1.807, 2.05) is 0 Å². The largest absolute Gasteiger partial charge is 0.465 e. The summed E-state index contributed by atoms with van der Waals surface area (Å²) in [6.07, 6.45) is -0.768. The van der Waals surface area contributed by atoms with Crippen molar-refractivity contribution in [2.24, 2.45) is 5.84 Å². The number of rotatable bonds is 2. The first-order valence-corrected chi connectivity index (χ1v) is 6.57. The number of thiocarbonyl (C=S) groups is 1. The van der Waals surface area contributed by atoms with Crippen molar-refractivity contribution in [3.63, 3.8) is 0 Å². The molecule has 0 aromatic heterocycles. The van der Waals surface area contributed by atoms with Gasteiger partial charge < -0.3 is 9.47 Å². The van der Waals surface area contributed by atoms with Crippen LogP contribution >= 0.6 is 12.2 Å². The molecule has 1 amide bonds. The van der Waals surface area contributed by atoms with Crippen molar-refractivity contribution in [2.75, 3.05) is 7.11 Å². The number of methoxy groups -OCH3 is 1. The molecule has 0 bridgehead atoms. The number of nitrogens with two attached hydrogens (primary N) is 1. The normalized spacial score (nSPS) is 10.7. The Morgan fingerprint density at radius 3 is 2.33 bits per heavy atom. The van der Waals surface area contributed by atoms with Crippen LogP contribution < -0.4 is 5.84 Å². The van der Waals surface area contributed by atoms with Crippen molar-refractivity contribution >= 4 is 29.3 Å². The molecule has 0 radical (unpaired) electrons. The molecule has 0 unspecified atom stereocenters. The van der Waals surface area contributed by atoms with Crippen LogP contribution in [0.25, 0.3) is 0 Å². The van der Waals surface area contributed by atoms with Crippen LogP contribution in [0.1, 0.15) is 36.7 Å². The number of carbonyl (C=O) groups excluding carboxylic acids is 2. The number of hydrazine groups is 1. The third kappa shape index (κ3) is 4.80. The minimum Gasteiger partial charge on any atom is -0.465 e. The predicted molar refractivity (Wildman–Crippen MR) is 81.7 cm³/mol. The molecule has 0 aliphatic heterocycles. The van der Waals surface area contributed by atoms with Crippen molar-refractivity contribution in [3.8, 4) is 0 Å². The molecule has 1 rings (SSSR count). The van der Waals surface area contributed by atoms with Crippen molar-refractivity contribution in [3.05, 3.63) is 35.4 Å². The smallest absolute Gasteiger partial charge is 0.430 e. The van der Waals surface area contributed by atoms with Crippen molar-refractivity contribution in [2.45, 2.75) is 26.4 Å². The van der Waals surface area contributed by atoms with Gasteiger partial charge in [-0.25, -0.2) is 20.4 Å². The van der Waals surface area contributed by atoms with Gasteiger partial charge in [0.25, 0.3) is 0 Å². The molecule has 2 N–H and O–H groups in total. The summed E-state index contributed by atoms with van der Waals surface area (Å²) >= 11 is 5.14. The van der Waals surface area contributed by atoms with Crippen molar-refractivity contribution in [1.29, 1.82) is 0 Å². The van der Waals surface area contributed by atoms with E-state index in [-0.39, 0.29) is 4.99 Å². The van der Waals surface area contributed by atoms with E-state index in [1.54, 1.807) is 39.0 Å². The number of amides is 1. The van der Waals surface area contributed by atoms with E-state index in [4.69, 9.17) is 22.8 Å². The molecule has 6 nitrogen and oxygen atoms in total. The number of esters is 1. The fraction of sp³-hybridized carbons (Fsp3) is 0.357. The Balaban J connectivity index is 2.93. The molecule has 1 aromatic carbocycles. The topological polar surface area (TPSA) is 81.9 Å². The Morgan fingerprint density at radius 2 is 1.81 bits per heavy atom. The number of carbonyl (C=O) groups is 2. The fourth-order valence-electron chi connectivity index (χ4n) is 1.43. The molecule has 21 heavy (non-hydrogen) atoms. The van der Waals surface area contributed by atoms with Crippen LogP contribution in [0.15, 0.2) is 24.3 Å². The molecule has 0 saturated heterocycles. The van der Waals surface area contributed by atoms with Gasteiger partial charge in [0.1, 0.15) is 10.6 Å². The zero-order valence-electron chi connectivity index (χ0n) is 12.4. The maximum absolute atomic E-state index is 11.8. The van der Waals surface area contributed by atoms with Gasteiger partial charge in [-0.2, -0.15) is 0 Å². The Bertz CT molecular complexity index is 566. The Morgan fingerprint density at radius 1 is 1.24 bits per heavy atom. The van der Waals surface area contributed by atoms with Crippen LogP contribution in [-0.4, -0.2) is 34.8 Å². The lowest BCUT2D eigenvalue weighted by atomic mass is 10.1. The fourth-order valence-corrected chi connectivity index (χ4v) is 1.63. The highest BCUT2D eigenvalue weighted by Crippen LogP contribution is 2.13. The summed E-state index contributed by atoms with van der Waals surface area (Å²) in [6.45, 7) is 5.17. The molecule has 0 spiro atoms. The van der Waals surface area contributed by atoms with Gasteiger partial charge in [-0.1, -0.05) is 24.4 Å². The number of nitrogens with zero attached hydrogens (tertiary/aromatic N) is 1. The van der Waals surface area contributed by atoms with Gasteiger partial charge in [0.2, 0.25) is 0 Å². The lowest BCUT2D eigenvalue weighted by Crippen LogP contribution is -2.45. The number of hydrogen-bond acceptors (Lipinski definition) is 6. The van der Waals surface area contributed by atoms with Gasteiger partial charge in [-0.05, 0) is 32.9 Å². The highest BCUT2D eigenvalue weighted by atomic mass is 32.1. The van der Waals surface area contributed by atoms with Gasteiger partial charge in [0.15, 0.2) is 0 Å². The first-order chi connectivity index (χ1) is 9.65. The lowest BCUT2D eigenvalue weighted by Gasteiger charge is -2.24. The molecule has 0 atom stereocenters. The number of ether oxygens (including phenoxy) is 2. The van der Waals surface area contributed by atoms with Gasteiger partial charge in [0, 0.05) is 5.56 Å². The molecule has 0 fully saturated rings. The maximum atomic E-state index is 11.8. The Labute approximate surface area is 128 Å². The summed E-state index contributed by atoms with van der Waals surface area (Å²) < 4.78 is 9.75. The summed E-state index contributed by atoms with van der Waals surface area (Å²) in [5, 5.41) is 0.733. The summed E-state index contributed by atoms with van der Waals surface area (Å²) in [6, 6.07) is 6.33. The summed E-state index contributed by atoms with van der Waals surface area (Å²) in [5.74, 6) is 5.16. The highest BCUT2D eigenvalue weighted by molar-refractivity contribution is 7.80. The standard InChI is InChI=1S/C14H18N2O4S/c1-14(2,3)20-13(18)16(15)11(21)9-6-5-7-10(8-9)12(17)19-4/h5-8H,15H2,1-4H3. The summed E-state index contributed by atoms with van der Waals surface area (Å²) in [7, 11) is 1.28. The third-order valence-electron chi connectivity index (χ3n) is 2.34. The molecule has 0 saturated carbocycles. The average Bonchev–Trinajstić information content (AvgIpc) is 2.43. The van der Waals surface area contributed by atoms with E-state index in [0.29, 0.717) is 11.1 Å². The van der Waals surface area contributed by atoms with Crippen LogP contribution in [0.2, 0.25) is 0 Å². The van der Waals surface area contributed by atoms with Gasteiger partial charge >= 0.3 is 12.1 Å². The Hall–Kier alpha value is -1.99. The van der Waals surface area contributed by atoms with Crippen LogP contribution in [0, 0.1) is 0 Å². The average molecular weight is 310 g/mol. The third-order valence-corrected chi connectivity index (χ3v) is 2.77. The zero-order valence-corrected chi connectivity index (χ0v) is 13.2. The number of benzene rings is 1. The van der Waals surface area contributed by atoms with E-state index in [9.17, 15) is 9.59 Å². The quantitative estimate of drug-likeness (QED) is 0.297. The Kier molecular flexibility index (Phi) is 5.40. The molecular formula is C14H18N2O4S. The van der Waals surface area contributed by atoms with Crippen molar-refractivity contribution in [1.82, 2.24) is 5.01 Å². The van der Waals surface area contributed by atoms with Gasteiger partial charge in [-0.3, -0.25) is 0 Å². The van der Waals surface area contributed by atoms with Crippen LogP contribution in [0.3, 0.4) is 0 Å². The lowest BCUT2D eigenvalue weighted by molar-refractivity contribution is 0.0372. The monoisotopic (exact) mass is 310 g/mol. The first-order valence-electron chi connectivity index (χ1n) is 6.16. The molecule has 1 aromatic rings. The molecule has 0 aliphatic rings. The minimum absolute atomic E-state index is 0.0509. The van der Waals surface area contributed by atoms with E-state index in [0.717, 1.165) is 5.01 Å². The van der Waals surface area contributed by atoms with Crippen LogP contribution in [0.5, 0.6) is 0 Å². The van der Waals surface area contributed by atoms with Crippen LogP contribution in [0.4, 0.5) is 4.79 Å². The number of hydrogen-bond donors (Lipinski definition) is 1. The van der Waals surface area contributed by atoms with Crippen LogP contribution in [-0.2, 0) is 9.47 Å². The summed E-state index contributed by atoms with van der Waals surface area (Å²) in [5.41, 5.74) is 0.0780.